The predicted molar refractivity (Wildman–Crippen MR) is 50.3 cm³/mol. The summed E-state index contributed by atoms with van der Waals surface area (Å²) in [5, 5.41) is 12.9. The molecule has 0 radical (unpaired) electrons. The van der Waals surface area contributed by atoms with Crippen LogP contribution in [0.15, 0.2) is 0 Å². The number of rotatable bonds is 6. The van der Waals surface area contributed by atoms with Crippen LogP contribution in [0.5, 0.6) is 0 Å². The number of hydrogen-bond acceptors (Lipinski definition) is 3. The zero-order valence-electron chi connectivity index (χ0n) is 8.55. The molecule has 3 nitrogen and oxygen atoms in total. The molecule has 0 saturated carbocycles. The zero-order chi connectivity index (χ0) is 9.61. The van der Waals surface area contributed by atoms with Crippen molar-refractivity contribution in [3.8, 4) is 0 Å². The molecule has 0 aromatic carbocycles. The highest BCUT2D eigenvalue weighted by atomic mass is 16.5. The van der Waals surface area contributed by atoms with Gasteiger partial charge in [0.2, 0.25) is 0 Å². The molecule has 0 spiro atoms. The molecule has 0 aromatic heterocycles. The third kappa shape index (κ3) is 6.58. The highest BCUT2D eigenvalue weighted by Gasteiger charge is 2.19. The van der Waals surface area contributed by atoms with Gasteiger partial charge in [0, 0.05) is 32.7 Å². The lowest BCUT2D eigenvalue weighted by atomic mass is 10.0. The van der Waals surface area contributed by atoms with Gasteiger partial charge in [-0.05, 0) is 6.92 Å². The smallest absolute Gasteiger partial charge is 0.0765 e. The van der Waals surface area contributed by atoms with Crippen molar-refractivity contribution in [1.82, 2.24) is 5.32 Å². The largest absolute Gasteiger partial charge is 0.389 e. The Kier molecular flexibility index (Phi) is 5.46. The summed E-state index contributed by atoms with van der Waals surface area (Å²) in [4.78, 5) is 0. The van der Waals surface area contributed by atoms with E-state index in [1.165, 1.54) is 0 Å². The average molecular weight is 175 g/mol. The van der Waals surface area contributed by atoms with Crippen molar-refractivity contribution in [2.24, 2.45) is 0 Å². The van der Waals surface area contributed by atoms with E-state index in [-0.39, 0.29) is 0 Å². The van der Waals surface area contributed by atoms with E-state index in [1.54, 1.807) is 7.11 Å². The summed E-state index contributed by atoms with van der Waals surface area (Å²) in [5.74, 6) is 0. The maximum atomic E-state index is 9.75. The summed E-state index contributed by atoms with van der Waals surface area (Å²) in [5.41, 5.74) is -0.652. The molecular weight excluding hydrogens is 154 g/mol. The van der Waals surface area contributed by atoms with Crippen molar-refractivity contribution in [3.63, 3.8) is 0 Å². The van der Waals surface area contributed by atoms with Gasteiger partial charge in [0.05, 0.1) is 5.60 Å². The molecule has 0 amide bonds. The molecule has 1 unspecified atom stereocenters. The van der Waals surface area contributed by atoms with Crippen LogP contribution >= 0.6 is 0 Å². The first-order valence-electron chi connectivity index (χ1n) is 4.42. The van der Waals surface area contributed by atoms with E-state index in [9.17, 15) is 5.11 Å². The maximum absolute atomic E-state index is 9.75. The Morgan fingerprint density at radius 2 is 2.08 bits per heavy atom. The van der Waals surface area contributed by atoms with Crippen molar-refractivity contribution in [2.45, 2.75) is 38.8 Å². The fraction of sp³-hybridized carbons (Fsp3) is 1.00. The quantitative estimate of drug-likeness (QED) is 0.626. The van der Waals surface area contributed by atoms with Crippen molar-refractivity contribution < 1.29 is 9.84 Å². The molecule has 0 aliphatic carbocycles. The highest BCUT2D eigenvalue weighted by Crippen LogP contribution is 2.07. The van der Waals surface area contributed by atoms with E-state index in [0.29, 0.717) is 25.6 Å². The second-order valence-electron chi connectivity index (χ2n) is 3.78. The Morgan fingerprint density at radius 3 is 2.50 bits per heavy atom. The van der Waals surface area contributed by atoms with Crippen LogP contribution in [0.4, 0.5) is 0 Å². The van der Waals surface area contributed by atoms with E-state index in [1.807, 2.05) is 6.92 Å². The van der Waals surface area contributed by atoms with Crippen LogP contribution in [0.2, 0.25) is 0 Å². The molecule has 1 atom stereocenters. The van der Waals surface area contributed by atoms with Gasteiger partial charge in [-0.1, -0.05) is 13.8 Å². The van der Waals surface area contributed by atoms with Gasteiger partial charge in [0.15, 0.2) is 0 Å². The van der Waals surface area contributed by atoms with E-state index < -0.39 is 5.60 Å². The maximum Gasteiger partial charge on any atom is 0.0765 e. The zero-order valence-corrected chi connectivity index (χ0v) is 8.55. The Morgan fingerprint density at radius 1 is 1.50 bits per heavy atom. The fourth-order valence-corrected chi connectivity index (χ4v) is 0.834. The van der Waals surface area contributed by atoms with Crippen LogP contribution in [0.3, 0.4) is 0 Å². The van der Waals surface area contributed by atoms with Gasteiger partial charge in [-0.3, -0.25) is 0 Å². The van der Waals surface area contributed by atoms with Crippen molar-refractivity contribution in [3.05, 3.63) is 0 Å². The molecule has 0 aliphatic heterocycles. The second kappa shape index (κ2) is 5.51. The lowest BCUT2D eigenvalue weighted by molar-refractivity contribution is 0.0235. The monoisotopic (exact) mass is 175 g/mol. The van der Waals surface area contributed by atoms with Crippen LogP contribution in [-0.2, 0) is 4.74 Å². The molecule has 2 N–H and O–H groups in total. The molecule has 0 heterocycles. The number of methoxy groups -OCH3 is 1. The van der Waals surface area contributed by atoms with Crippen LogP contribution in [-0.4, -0.2) is 37.0 Å². The van der Waals surface area contributed by atoms with Crippen LogP contribution in [0.25, 0.3) is 0 Å². The first-order valence-corrected chi connectivity index (χ1v) is 4.42. The van der Waals surface area contributed by atoms with Gasteiger partial charge in [-0.2, -0.15) is 0 Å². The predicted octanol–water partition coefficient (Wildman–Crippen LogP) is 0.772. The minimum Gasteiger partial charge on any atom is -0.389 e. The normalized spacial score (nSPS) is 16.5. The molecule has 3 heteroatoms. The molecule has 12 heavy (non-hydrogen) atoms. The molecule has 0 aromatic rings. The Labute approximate surface area is 75.1 Å². The first-order chi connectivity index (χ1) is 5.48. The summed E-state index contributed by atoms with van der Waals surface area (Å²) in [6, 6.07) is 0.416. The minimum absolute atomic E-state index is 0.416. The highest BCUT2D eigenvalue weighted by molar-refractivity contribution is 4.75. The van der Waals surface area contributed by atoms with Gasteiger partial charge in [0.1, 0.15) is 0 Å². The summed E-state index contributed by atoms with van der Waals surface area (Å²) >= 11 is 0. The summed E-state index contributed by atoms with van der Waals surface area (Å²) < 4.78 is 4.90. The van der Waals surface area contributed by atoms with Crippen molar-refractivity contribution in [1.29, 1.82) is 0 Å². The number of aliphatic hydroxyl groups is 1. The third-order valence-electron chi connectivity index (χ3n) is 1.74. The van der Waals surface area contributed by atoms with Gasteiger partial charge >= 0.3 is 0 Å². The van der Waals surface area contributed by atoms with E-state index in [0.717, 1.165) is 0 Å². The summed E-state index contributed by atoms with van der Waals surface area (Å²) in [6.07, 6.45) is 0.670. The molecule has 0 aliphatic rings. The molecule has 74 valence electrons. The summed E-state index contributed by atoms with van der Waals surface area (Å²) in [7, 11) is 1.64. The van der Waals surface area contributed by atoms with Crippen molar-refractivity contribution in [2.75, 3.05) is 20.3 Å². The van der Waals surface area contributed by atoms with Crippen molar-refractivity contribution >= 4 is 0 Å². The van der Waals surface area contributed by atoms with Gasteiger partial charge < -0.3 is 15.2 Å². The van der Waals surface area contributed by atoms with E-state index in [2.05, 4.69) is 19.2 Å². The molecule has 0 saturated heterocycles. The lowest BCUT2D eigenvalue weighted by Gasteiger charge is -2.24. The Hall–Kier alpha value is -0.120. The van der Waals surface area contributed by atoms with Crippen LogP contribution in [0.1, 0.15) is 27.2 Å². The number of nitrogens with one attached hydrogen (secondary N) is 1. The molecule has 0 rings (SSSR count). The lowest BCUT2D eigenvalue weighted by Crippen LogP contribution is -2.41. The van der Waals surface area contributed by atoms with Crippen LogP contribution < -0.4 is 5.32 Å². The van der Waals surface area contributed by atoms with Gasteiger partial charge in [0.25, 0.3) is 0 Å². The number of ether oxygens (including phenoxy) is 1. The minimum atomic E-state index is -0.652. The second-order valence-corrected chi connectivity index (χ2v) is 3.78. The van der Waals surface area contributed by atoms with Gasteiger partial charge in [-0.15, -0.1) is 0 Å². The fourth-order valence-electron chi connectivity index (χ4n) is 0.834. The topological polar surface area (TPSA) is 41.5 Å². The Balaban J connectivity index is 3.56. The van der Waals surface area contributed by atoms with E-state index in [4.69, 9.17) is 4.74 Å². The first kappa shape index (κ1) is 11.9. The van der Waals surface area contributed by atoms with Gasteiger partial charge in [-0.25, -0.2) is 0 Å². The summed E-state index contributed by atoms with van der Waals surface area (Å²) in [6.45, 7) is 7.17. The third-order valence-corrected chi connectivity index (χ3v) is 1.74. The molecule has 0 bridgehead atoms. The molecule has 0 fully saturated rings. The molecular formula is C9H21NO2. The van der Waals surface area contributed by atoms with E-state index >= 15 is 0 Å². The average Bonchev–Trinajstić information content (AvgIpc) is 1.98. The Bertz CT molecular complexity index is 113. The SMILES string of the molecule is COCCC(C)(O)CNC(C)C. The van der Waals surface area contributed by atoms with Crippen LogP contribution in [0, 0.1) is 0 Å². The standard InChI is InChI=1S/C9H21NO2/c1-8(2)10-7-9(3,11)5-6-12-4/h8,10-11H,5-7H2,1-4H3. The number of hydrogen-bond donors (Lipinski definition) is 2.